The summed E-state index contributed by atoms with van der Waals surface area (Å²) in [5.74, 6) is -0.241. The molecule has 0 radical (unpaired) electrons. The molecule has 29 heavy (non-hydrogen) atoms. The van der Waals surface area contributed by atoms with E-state index in [9.17, 15) is 13.2 Å². The third-order valence-electron chi connectivity index (χ3n) is 4.46. The number of carbonyl (C=O) groups excluding carboxylic acids is 1. The van der Waals surface area contributed by atoms with E-state index < -0.39 is 16.3 Å². The number of benzene rings is 1. The number of ether oxygens (including phenoxy) is 1. The molecule has 2 aromatic rings. The van der Waals surface area contributed by atoms with Crippen LogP contribution in [0.5, 0.6) is 0 Å². The van der Waals surface area contributed by atoms with Gasteiger partial charge in [0.05, 0.1) is 6.61 Å². The van der Waals surface area contributed by atoms with E-state index in [1.165, 1.54) is 14.1 Å². The smallest absolute Gasteiger partial charge is 0.306 e. The van der Waals surface area contributed by atoms with Crippen LogP contribution in [-0.2, 0) is 32.6 Å². The molecular weight excluding hydrogens is 390 g/mol. The normalized spacial score (nSPS) is 12.7. The summed E-state index contributed by atoms with van der Waals surface area (Å²) in [6.45, 7) is 3.95. The van der Waals surface area contributed by atoms with Crippen molar-refractivity contribution in [2.45, 2.75) is 39.2 Å². The summed E-state index contributed by atoms with van der Waals surface area (Å²) >= 11 is 0. The minimum absolute atomic E-state index is 0.241. The van der Waals surface area contributed by atoms with Gasteiger partial charge in [-0.2, -0.15) is 17.4 Å². The van der Waals surface area contributed by atoms with Crippen LogP contribution in [0.15, 0.2) is 42.7 Å². The maximum absolute atomic E-state index is 12.2. The number of rotatable bonds is 10. The Kier molecular flexibility index (Phi) is 8.31. The van der Waals surface area contributed by atoms with Gasteiger partial charge in [-0.25, -0.2) is 0 Å². The molecule has 0 spiro atoms. The van der Waals surface area contributed by atoms with Crippen molar-refractivity contribution in [3.8, 4) is 0 Å². The Balaban J connectivity index is 2.29. The highest BCUT2D eigenvalue weighted by atomic mass is 32.2. The first kappa shape index (κ1) is 23.0. The average Bonchev–Trinajstić information content (AvgIpc) is 2.67. The maximum atomic E-state index is 12.2. The van der Waals surface area contributed by atoms with Crippen LogP contribution in [0.25, 0.3) is 0 Å². The lowest BCUT2D eigenvalue weighted by Crippen LogP contribution is -2.37. The average molecular weight is 420 g/mol. The van der Waals surface area contributed by atoms with Crippen molar-refractivity contribution in [3.05, 3.63) is 65.0 Å². The summed E-state index contributed by atoms with van der Waals surface area (Å²) in [7, 11) is -0.591. The van der Waals surface area contributed by atoms with E-state index >= 15 is 0 Å². The molecule has 0 aliphatic rings. The number of pyridine rings is 1. The van der Waals surface area contributed by atoms with E-state index in [2.05, 4.69) is 15.8 Å². The monoisotopic (exact) mass is 419 g/mol. The van der Waals surface area contributed by atoms with Gasteiger partial charge in [-0.1, -0.05) is 18.2 Å². The second-order valence-corrected chi connectivity index (χ2v) is 8.96. The number of nitrogens with one attached hydrogen (secondary N) is 1. The number of carbonyl (C=O) groups is 1. The van der Waals surface area contributed by atoms with E-state index in [1.54, 1.807) is 19.3 Å². The number of esters is 1. The van der Waals surface area contributed by atoms with Crippen molar-refractivity contribution in [1.29, 1.82) is 0 Å². The zero-order valence-electron chi connectivity index (χ0n) is 17.4. The van der Waals surface area contributed by atoms with Crippen LogP contribution in [0.2, 0.25) is 0 Å². The lowest BCUT2D eigenvalue weighted by molar-refractivity contribution is -0.143. The Morgan fingerprint density at radius 2 is 1.79 bits per heavy atom. The Hall–Kier alpha value is -2.29. The highest BCUT2D eigenvalue weighted by Crippen LogP contribution is 2.21. The molecule has 0 saturated heterocycles. The predicted octanol–water partition coefficient (Wildman–Crippen LogP) is 2.63. The number of hydrogen-bond donors (Lipinski definition) is 1. The largest absolute Gasteiger partial charge is 0.466 e. The molecule has 1 heterocycles. The van der Waals surface area contributed by atoms with Crippen LogP contribution >= 0.6 is 0 Å². The zero-order chi connectivity index (χ0) is 21.4. The first-order valence-corrected chi connectivity index (χ1v) is 11.0. The lowest BCUT2D eigenvalue weighted by Gasteiger charge is -2.20. The SMILES string of the molecule is CCOC(=O)CCc1cc(Cc2ccncc2)cc(C(C)NS(=O)(=O)N(C)C)c1. The van der Waals surface area contributed by atoms with Gasteiger partial charge >= 0.3 is 5.97 Å². The third-order valence-corrected chi connectivity index (χ3v) is 6.07. The fourth-order valence-electron chi connectivity index (χ4n) is 2.90. The van der Waals surface area contributed by atoms with Crippen molar-refractivity contribution < 1.29 is 17.9 Å². The van der Waals surface area contributed by atoms with Gasteiger partial charge in [0.1, 0.15) is 0 Å². The van der Waals surface area contributed by atoms with E-state index in [-0.39, 0.29) is 12.4 Å². The summed E-state index contributed by atoms with van der Waals surface area (Å²) in [6, 6.07) is 9.47. The van der Waals surface area contributed by atoms with E-state index in [4.69, 9.17) is 4.74 Å². The van der Waals surface area contributed by atoms with Gasteiger partial charge in [-0.05, 0) is 61.1 Å². The number of aromatic nitrogens is 1. The van der Waals surface area contributed by atoms with E-state index in [0.717, 1.165) is 26.6 Å². The summed E-state index contributed by atoms with van der Waals surface area (Å²) in [5.41, 5.74) is 3.97. The Morgan fingerprint density at radius 1 is 1.14 bits per heavy atom. The van der Waals surface area contributed by atoms with Crippen LogP contribution in [0, 0.1) is 0 Å². The van der Waals surface area contributed by atoms with Gasteiger partial charge in [0.25, 0.3) is 10.2 Å². The fraction of sp³-hybridized carbons (Fsp3) is 0.429. The van der Waals surface area contributed by atoms with Gasteiger partial charge in [0, 0.05) is 39.0 Å². The number of nitrogens with zero attached hydrogens (tertiary/aromatic N) is 2. The van der Waals surface area contributed by atoms with Crippen molar-refractivity contribution in [2.75, 3.05) is 20.7 Å². The first-order chi connectivity index (χ1) is 13.7. The number of aryl methyl sites for hydroxylation is 1. The Bertz CT molecular complexity index is 915. The molecule has 8 heteroatoms. The maximum Gasteiger partial charge on any atom is 0.306 e. The van der Waals surface area contributed by atoms with Gasteiger partial charge < -0.3 is 4.74 Å². The molecule has 158 valence electrons. The molecule has 0 saturated carbocycles. The van der Waals surface area contributed by atoms with Crippen LogP contribution < -0.4 is 4.72 Å². The topological polar surface area (TPSA) is 88.6 Å². The van der Waals surface area contributed by atoms with Gasteiger partial charge in [-0.15, -0.1) is 0 Å². The standard InChI is InChI=1S/C21H29N3O4S/c1-5-28-21(25)7-6-18-13-19(12-17-8-10-22-11-9-17)15-20(14-18)16(2)23-29(26,27)24(3)4/h8-11,13-16,23H,5-7,12H2,1-4H3. The summed E-state index contributed by atoms with van der Waals surface area (Å²) in [6.07, 6.45) is 4.99. The molecule has 0 amide bonds. The molecule has 1 aromatic carbocycles. The molecular formula is C21H29N3O4S. The van der Waals surface area contributed by atoms with Crippen LogP contribution in [0.1, 0.15) is 48.6 Å². The molecule has 2 rings (SSSR count). The molecule has 1 atom stereocenters. The van der Waals surface area contributed by atoms with Gasteiger partial charge in [-0.3, -0.25) is 9.78 Å². The zero-order valence-corrected chi connectivity index (χ0v) is 18.2. The first-order valence-electron chi connectivity index (χ1n) is 9.58. The molecule has 0 aliphatic heterocycles. The summed E-state index contributed by atoms with van der Waals surface area (Å²) in [4.78, 5) is 15.8. The van der Waals surface area contributed by atoms with Crippen molar-refractivity contribution in [1.82, 2.24) is 14.0 Å². The third kappa shape index (κ3) is 7.23. The highest BCUT2D eigenvalue weighted by molar-refractivity contribution is 7.87. The van der Waals surface area contributed by atoms with Crippen molar-refractivity contribution in [3.63, 3.8) is 0 Å². The fourth-order valence-corrected chi connectivity index (χ4v) is 3.69. The second kappa shape index (κ2) is 10.5. The molecule has 1 aromatic heterocycles. The van der Waals surface area contributed by atoms with Gasteiger partial charge in [0.15, 0.2) is 0 Å². The molecule has 0 fully saturated rings. The lowest BCUT2D eigenvalue weighted by atomic mass is 9.96. The molecule has 0 aliphatic carbocycles. The number of hydrogen-bond acceptors (Lipinski definition) is 5. The van der Waals surface area contributed by atoms with E-state index in [0.29, 0.717) is 19.4 Å². The molecule has 0 bridgehead atoms. The van der Waals surface area contributed by atoms with E-state index in [1.807, 2.05) is 31.2 Å². The second-order valence-electron chi connectivity index (χ2n) is 7.05. The van der Waals surface area contributed by atoms with Crippen LogP contribution in [-0.4, -0.2) is 44.4 Å². The minimum Gasteiger partial charge on any atom is -0.466 e. The van der Waals surface area contributed by atoms with Crippen LogP contribution in [0.4, 0.5) is 0 Å². The molecule has 7 nitrogen and oxygen atoms in total. The highest BCUT2D eigenvalue weighted by Gasteiger charge is 2.19. The predicted molar refractivity (Wildman–Crippen MR) is 113 cm³/mol. The van der Waals surface area contributed by atoms with Crippen LogP contribution in [0.3, 0.4) is 0 Å². The molecule has 1 unspecified atom stereocenters. The summed E-state index contributed by atoms with van der Waals surface area (Å²) < 4.78 is 33.3. The summed E-state index contributed by atoms with van der Waals surface area (Å²) in [5, 5.41) is 0. The quantitative estimate of drug-likeness (QED) is 0.598. The Morgan fingerprint density at radius 3 is 2.41 bits per heavy atom. The molecule has 1 N–H and O–H groups in total. The Labute approximate surface area is 173 Å². The minimum atomic E-state index is -3.56. The van der Waals surface area contributed by atoms with Crippen molar-refractivity contribution in [2.24, 2.45) is 0 Å². The van der Waals surface area contributed by atoms with Crippen molar-refractivity contribution >= 4 is 16.2 Å². The van der Waals surface area contributed by atoms with Gasteiger partial charge in [0.2, 0.25) is 0 Å².